The van der Waals surface area contributed by atoms with E-state index in [9.17, 15) is 25.2 Å². The van der Waals surface area contributed by atoms with Crippen LogP contribution in [0.4, 0.5) is 0 Å². The van der Waals surface area contributed by atoms with Crippen LogP contribution < -0.4 is 0 Å². The lowest BCUT2D eigenvalue weighted by molar-refractivity contribution is -0.162. The number of aliphatic hydroxyl groups is 4. The van der Waals surface area contributed by atoms with Crippen LogP contribution in [-0.4, -0.2) is 57.4 Å². The van der Waals surface area contributed by atoms with Crippen molar-refractivity contribution in [1.29, 1.82) is 0 Å². The number of ether oxygens (including phenoxy) is 1. The standard InChI is InChI=1S/C30H52O6/c1-7-8-18(27(34)26(33)17(4)16(2)3)20-9-10-21-19-15-36-28(35)23-13-24(31)25(32)14-30(23,6)22(19)11-12-29(20,21)5/h16-27,31-34H,7-15H2,1-6H3/t17-,18-,19-,20+,21-,22-,23+,24-,25+,26+,27+,29+,30+/m0/s1. The Morgan fingerprint density at radius 3 is 2.28 bits per heavy atom. The lowest BCUT2D eigenvalue weighted by Crippen LogP contribution is -2.55. The van der Waals surface area contributed by atoms with Gasteiger partial charge in [0.25, 0.3) is 0 Å². The smallest absolute Gasteiger partial charge is 0.309 e. The third kappa shape index (κ3) is 4.56. The minimum Gasteiger partial charge on any atom is -0.465 e. The van der Waals surface area contributed by atoms with Gasteiger partial charge >= 0.3 is 5.97 Å². The van der Waals surface area contributed by atoms with Crippen molar-refractivity contribution in [2.24, 2.45) is 58.2 Å². The van der Waals surface area contributed by atoms with Crippen molar-refractivity contribution in [3.8, 4) is 0 Å². The normalized spacial score (nSPS) is 46.1. The Balaban J connectivity index is 1.61. The van der Waals surface area contributed by atoms with Crippen molar-refractivity contribution in [3.05, 3.63) is 0 Å². The first-order chi connectivity index (χ1) is 16.9. The van der Waals surface area contributed by atoms with Gasteiger partial charge in [0.15, 0.2) is 0 Å². The summed E-state index contributed by atoms with van der Waals surface area (Å²) < 4.78 is 5.91. The second-order valence-electron chi connectivity index (χ2n) is 13.9. The molecule has 0 aromatic rings. The molecule has 0 aromatic carbocycles. The van der Waals surface area contributed by atoms with Crippen molar-refractivity contribution in [2.75, 3.05) is 6.61 Å². The topological polar surface area (TPSA) is 107 Å². The predicted octanol–water partition coefficient (Wildman–Crippen LogP) is 4.17. The fraction of sp³-hybridized carbons (Fsp3) is 0.967. The average Bonchev–Trinajstić information content (AvgIpc) is 3.13. The van der Waals surface area contributed by atoms with E-state index in [1.807, 2.05) is 6.92 Å². The molecule has 0 amide bonds. The summed E-state index contributed by atoms with van der Waals surface area (Å²) >= 11 is 0. The molecule has 3 aliphatic carbocycles. The Morgan fingerprint density at radius 1 is 0.972 bits per heavy atom. The highest BCUT2D eigenvalue weighted by Crippen LogP contribution is 2.66. The summed E-state index contributed by atoms with van der Waals surface area (Å²) in [6.07, 6.45) is 3.57. The molecular formula is C30H52O6. The Bertz CT molecular complexity index is 785. The van der Waals surface area contributed by atoms with Crippen LogP contribution in [0.15, 0.2) is 0 Å². The van der Waals surface area contributed by atoms with E-state index in [0.717, 1.165) is 38.5 Å². The average molecular weight is 509 g/mol. The number of rotatable bonds is 7. The zero-order valence-corrected chi connectivity index (χ0v) is 23.4. The molecule has 6 heteroatoms. The van der Waals surface area contributed by atoms with Crippen LogP contribution in [0.2, 0.25) is 0 Å². The van der Waals surface area contributed by atoms with Gasteiger partial charge in [-0.1, -0.05) is 48.0 Å². The highest BCUT2D eigenvalue weighted by molar-refractivity contribution is 5.74. The summed E-state index contributed by atoms with van der Waals surface area (Å²) in [6, 6.07) is 0. The molecule has 0 radical (unpaired) electrons. The van der Waals surface area contributed by atoms with Gasteiger partial charge in [0.2, 0.25) is 0 Å². The van der Waals surface area contributed by atoms with Crippen molar-refractivity contribution < 1.29 is 30.0 Å². The monoisotopic (exact) mass is 508 g/mol. The summed E-state index contributed by atoms with van der Waals surface area (Å²) in [5.41, 5.74) is -0.348. The van der Waals surface area contributed by atoms with Crippen LogP contribution in [0.1, 0.15) is 92.9 Å². The molecule has 1 heterocycles. The van der Waals surface area contributed by atoms with Crippen LogP contribution in [0.3, 0.4) is 0 Å². The van der Waals surface area contributed by atoms with E-state index in [0.29, 0.717) is 30.8 Å². The van der Waals surface area contributed by atoms with E-state index >= 15 is 0 Å². The van der Waals surface area contributed by atoms with Gasteiger partial charge in [-0.15, -0.1) is 0 Å². The van der Waals surface area contributed by atoms with Gasteiger partial charge < -0.3 is 25.2 Å². The lowest BCUT2D eigenvalue weighted by atomic mass is 9.48. The molecule has 1 aliphatic heterocycles. The highest BCUT2D eigenvalue weighted by atomic mass is 16.5. The van der Waals surface area contributed by atoms with E-state index < -0.39 is 24.4 Å². The van der Waals surface area contributed by atoms with Gasteiger partial charge in [0.05, 0.1) is 36.9 Å². The van der Waals surface area contributed by atoms with E-state index in [1.54, 1.807) is 0 Å². The summed E-state index contributed by atoms with van der Waals surface area (Å²) in [6.45, 7) is 13.4. The number of hydrogen-bond acceptors (Lipinski definition) is 6. The Labute approximate surface area is 218 Å². The molecule has 36 heavy (non-hydrogen) atoms. The van der Waals surface area contributed by atoms with Crippen LogP contribution >= 0.6 is 0 Å². The second-order valence-corrected chi connectivity index (χ2v) is 13.9. The van der Waals surface area contributed by atoms with Gasteiger partial charge in [-0.3, -0.25) is 4.79 Å². The van der Waals surface area contributed by atoms with E-state index in [-0.39, 0.29) is 52.8 Å². The number of fused-ring (bicyclic) bond motifs is 5. The maximum atomic E-state index is 13.1. The highest BCUT2D eigenvalue weighted by Gasteiger charge is 2.63. The molecule has 0 unspecified atom stereocenters. The van der Waals surface area contributed by atoms with Gasteiger partial charge in [0.1, 0.15) is 0 Å². The van der Waals surface area contributed by atoms with E-state index in [2.05, 4.69) is 34.6 Å². The molecule has 3 saturated carbocycles. The molecule has 208 valence electrons. The van der Waals surface area contributed by atoms with Gasteiger partial charge in [-0.25, -0.2) is 0 Å². The fourth-order valence-corrected chi connectivity index (χ4v) is 9.44. The van der Waals surface area contributed by atoms with Gasteiger partial charge in [-0.05, 0) is 97.2 Å². The molecule has 4 rings (SSSR count). The lowest BCUT2D eigenvalue weighted by Gasteiger charge is -2.56. The zero-order valence-electron chi connectivity index (χ0n) is 23.4. The number of cyclic esters (lactones) is 1. The van der Waals surface area contributed by atoms with Crippen LogP contribution in [-0.2, 0) is 9.53 Å². The molecule has 4 N–H and O–H groups in total. The minimum atomic E-state index is -0.868. The molecule has 1 saturated heterocycles. The maximum absolute atomic E-state index is 13.1. The number of carbonyl (C=O) groups excluding carboxylic acids is 1. The Kier molecular flexibility index (Phi) is 8.23. The molecule has 4 fully saturated rings. The Hall–Kier alpha value is -0.690. The number of hydrogen-bond donors (Lipinski definition) is 4. The Morgan fingerprint density at radius 2 is 1.64 bits per heavy atom. The summed E-state index contributed by atoms with van der Waals surface area (Å²) in [4.78, 5) is 13.1. The van der Waals surface area contributed by atoms with Gasteiger partial charge in [-0.2, -0.15) is 0 Å². The minimum absolute atomic E-state index is 0.0260. The zero-order chi connectivity index (χ0) is 26.6. The first kappa shape index (κ1) is 28.3. The SMILES string of the molecule is CCC[C@H]([C@@H](O)[C@H](O)[C@@H](C)C(C)C)[C@H]1CC[C@H]2[C@@H]3COC(=O)[C@H]4C[C@H](O)[C@H](O)C[C@]4(C)[C@H]3CC[C@]12C. The molecule has 13 atom stereocenters. The van der Waals surface area contributed by atoms with Crippen LogP contribution in [0.25, 0.3) is 0 Å². The summed E-state index contributed by atoms with van der Waals surface area (Å²) in [7, 11) is 0. The van der Waals surface area contributed by atoms with Crippen molar-refractivity contribution >= 4 is 5.97 Å². The molecule has 0 spiro atoms. The van der Waals surface area contributed by atoms with Crippen LogP contribution in [0.5, 0.6) is 0 Å². The predicted molar refractivity (Wildman–Crippen MR) is 139 cm³/mol. The largest absolute Gasteiger partial charge is 0.465 e. The third-order valence-electron chi connectivity index (χ3n) is 11.9. The number of esters is 1. The second kappa shape index (κ2) is 10.5. The van der Waals surface area contributed by atoms with Crippen molar-refractivity contribution in [1.82, 2.24) is 0 Å². The summed E-state index contributed by atoms with van der Waals surface area (Å²) in [5.74, 6) is 1.04. The summed E-state index contributed by atoms with van der Waals surface area (Å²) in [5, 5.41) is 43.5. The molecular weight excluding hydrogens is 456 g/mol. The molecule has 0 bridgehead atoms. The first-order valence-corrected chi connectivity index (χ1v) is 14.8. The fourth-order valence-electron chi connectivity index (χ4n) is 9.44. The van der Waals surface area contributed by atoms with E-state index in [4.69, 9.17) is 4.74 Å². The van der Waals surface area contributed by atoms with E-state index in [1.165, 1.54) is 0 Å². The maximum Gasteiger partial charge on any atom is 0.309 e. The quantitative estimate of drug-likeness (QED) is 0.385. The first-order valence-electron chi connectivity index (χ1n) is 14.8. The number of carbonyl (C=O) groups is 1. The number of aliphatic hydroxyl groups excluding tert-OH is 4. The molecule has 6 nitrogen and oxygen atoms in total. The molecule has 0 aromatic heterocycles. The molecule has 4 aliphatic rings. The third-order valence-corrected chi connectivity index (χ3v) is 11.9. The van der Waals surface area contributed by atoms with Crippen molar-refractivity contribution in [2.45, 2.75) is 117 Å². The van der Waals surface area contributed by atoms with Crippen LogP contribution in [0, 0.1) is 58.2 Å². The van der Waals surface area contributed by atoms with Crippen molar-refractivity contribution in [3.63, 3.8) is 0 Å². The van der Waals surface area contributed by atoms with Gasteiger partial charge in [0, 0.05) is 0 Å².